The first-order valence-electron chi connectivity index (χ1n) is 9.47. The van der Waals surface area contributed by atoms with E-state index in [1.807, 2.05) is 43.3 Å². The van der Waals surface area contributed by atoms with Gasteiger partial charge in [-0.1, -0.05) is 29.8 Å². The normalized spacial score (nSPS) is 18.1. The van der Waals surface area contributed by atoms with Crippen LogP contribution >= 0.6 is 11.6 Å². The van der Waals surface area contributed by atoms with Crippen LogP contribution in [0.3, 0.4) is 0 Å². The van der Waals surface area contributed by atoms with Crippen molar-refractivity contribution in [2.24, 2.45) is 5.92 Å². The summed E-state index contributed by atoms with van der Waals surface area (Å²) in [5, 5.41) is 3.74. The van der Waals surface area contributed by atoms with Crippen molar-refractivity contribution in [3.8, 4) is 0 Å². The summed E-state index contributed by atoms with van der Waals surface area (Å²) in [6.07, 6.45) is 4.51. The van der Waals surface area contributed by atoms with Gasteiger partial charge in [0.25, 0.3) is 5.91 Å². The number of likely N-dealkylation sites (N-methyl/N-ethyl adjacent to an activating group) is 1. The maximum atomic E-state index is 12.8. The monoisotopic (exact) mass is 403 g/mol. The zero-order chi connectivity index (χ0) is 20.1. The predicted molar refractivity (Wildman–Crippen MR) is 108 cm³/mol. The van der Waals surface area contributed by atoms with E-state index in [-0.39, 0.29) is 23.8 Å². The lowest BCUT2D eigenvalue weighted by molar-refractivity contribution is -0.126. The molecule has 1 N–H and O–H groups in total. The summed E-state index contributed by atoms with van der Waals surface area (Å²) in [5.74, 6) is -0.323. The fourth-order valence-electron chi connectivity index (χ4n) is 3.60. The smallest absolute Gasteiger partial charge is 0.257 e. The van der Waals surface area contributed by atoms with Gasteiger partial charge in [0.15, 0.2) is 0 Å². The number of rotatable bonds is 6. The quantitative estimate of drug-likeness (QED) is 0.804. The molecular formula is C21H26ClN3O3. The molecule has 1 aromatic heterocycles. The first-order chi connectivity index (χ1) is 13.5. The molecule has 0 saturated carbocycles. The van der Waals surface area contributed by atoms with E-state index < -0.39 is 0 Å². The van der Waals surface area contributed by atoms with Gasteiger partial charge in [0.1, 0.15) is 6.26 Å². The molecule has 2 amide bonds. The summed E-state index contributed by atoms with van der Waals surface area (Å²) in [6.45, 7) is 1.55. The molecule has 0 spiro atoms. The number of halogens is 1. The molecule has 0 aliphatic carbocycles. The van der Waals surface area contributed by atoms with Crippen molar-refractivity contribution in [2.45, 2.75) is 18.9 Å². The Balaban J connectivity index is 1.60. The Morgan fingerprint density at radius 2 is 2.11 bits per heavy atom. The lowest BCUT2D eigenvalue weighted by atomic mass is 9.96. The summed E-state index contributed by atoms with van der Waals surface area (Å²) < 4.78 is 5.00. The van der Waals surface area contributed by atoms with E-state index in [2.05, 4.69) is 5.32 Å². The molecule has 1 saturated heterocycles. The fourth-order valence-corrected chi connectivity index (χ4v) is 3.86. The third kappa shape index (κ3) is 4.75. The number of likely N-dealkylation sites (tertiary alicyclic amines) is 1. The van der Waals surface area contributed by atoms with Gasteiger partial charge in [0, 0.05) is 24.7 Å². The largest absolute Gasteiger partial charge is 0.472 e. The number of hydrogen-bond acceptors (Lipinski definition) is 4. The summed E-state index contributed by atoms with van der Waals surface area (Å²) in [5.41, 5.74) is 1.50. The molecule has 3 rings (SSSR count). The highest BCUT2D eigenvalue weighted by Gasteiger charge is 2.30. The minimum Gasteiger partial charge on any atom is -0.472 e. The Morgan fingerprint density at radius 1 is 1.32 bits per heavy atom. The molecule has 28 heavy (non-hydrogen) atoms. The Bertz CT molecular complexity index is 807. The second-order valence-electron chi connectivity index (χ2n) is 7.35. The molecular weight excluding hydrogens is 378 g/mol. The van der Waals surface area contributed by atoms with Gasteiger partial charge in [-0.25, -0.2) is 0 Å². The average molecular weight is 404 g/mol. The van der Waals surface area contributed by atoms with Crippen molar-refractivity contribution in [3.63, 3.8) is 0 Å². The van der Waals surface area contributed by atoms with E-state index in [1.54, 1.807) is 11.0 Å². The Morgan fingerprint density at radius 3 is 2.79 bits per heavy atom. The molecule has 2 heterocycles. The van der Waals surface area contributed by atoms with E-state index in [9.17, 15) is 9.59 Å². The Hall–Kier alpha value is -2.31. The Labute approximate surface area is 170 Å². The zero-order valence-corrected chi connectivity index (χ0v) is 17.0. The van der Waals surface area contributed by atoms with Crippen molar-refractivity contribution in [3.05, 3.63) is 59.0 Å². The molecule has 0 bridgehead atoms. The Kier molecular flexibility index (Phi) is 6.75. The van der Waals surface area contributed by atoms with E-state index >= 15 is 0 Å². The van der Waals surface area contributed by atoms with Crippen LogP contribution in [0, 0.1) is 5.92 Å². The minimum atomic E-state index is -0.210. The SMILES string of the molecule is CN(C)[C@@H](CNC(=O)[C@H]1CCCN(C(=O)c2ccoc2)C1)c1ccccc1Cl. The number of carbonyl (C=O) groups is 2. The first-order valence-corrected chi connectivity index (χ1v) is 9.85. The van der Waals surface area contributed by atoms with Crippen LogP contribution in [-0.4, -0.2) is 55.3 Å². The highest BCUT2D eigenvalue weighted by atomic mass is 35.5. The van der Waals surface area contributed by atoms with E-state index in [0.717, 1.165) is 18.4 Å². The number of benzene rings is 1. The molecule has 1 aliphatic rings. The van der Waals surface area contributed by atoms with Crippen LogP contribution in [0.5, 0.6) is 0 Å². The van der Waals surface area contributed by atoms with E-state index in [0.29, 0.717) is 30.2 Å². The van der Waals surface area contributed by atoms with Gasteiger partial charge in [-0.3, -0.25) is 9.59 Å². The molecule has 7 heteroatoms. The maximum absolute atomic E-state index is 12.8. The van der Waals surface area contributed by atoms with E-state index in [1.165, 1.54) is 12.5 Å². The molecule has 1 aromatic carbocycles. The van der Waals surface area contributed by atoms with Gasteiger partial charge in [0.05, 0.1) is 23.8 Å². The zero-order valence-electron chi connectivity index (χ0n) is 16.2. The molecule has 0 unspecified atom stereocenters. The summed E-state index contributed by atoms with van der Waals surface area (Å²) in [7, 11) is 3.93. The predicted octanol–water partition coefficient (Wildman–Crippen LogP) is 3.20. The minimum absolute atomic E-state index is 0.0232. The van der Waals surface area contributed by atoms with Gasteiger partial charge < -0.3 is 19.5 Å². The third-order valence-electron chi connectivity index (χ3n) is 5.20. The van der Waals surface area contributed by atoms with Crippen molar-refractivity contribution in [2.75, 3.05) is 33.7 Å². The molecule has 150 valence electrons. The summed E-state index contributed by atoms with van der Waals surface area (Å²) >= 11 is 6.34. The second kappa shape index (κ2) is 9.26. The third-order valence-corrected chi connectivity index (χ3v) is 5.55. The molecule has 1 fully saturated rings. The van der Waals surface area contributed by atoms with Crippen molar-refractivity contribution >= 4 is 23.4 Å². The van der Waals surface area contributed by atoms with Crippen LogP contribution in [0.25, 0.3) is 0 Å². The number of piperidine rings is 1. The summed E-state index contributed by atoms with van der Waals surface area (Å²) in [6, 6.07) is 9.30. The topological polar surface area (TPSA) is 65.8 Å². The molecule has 0 radical (unpaired) electrons. The standard InChI is InChI=1S/C21H26ClN3O3/c1-24(2)19(17-7-3-4-8-18(17)22)12-23-20(26)15-6-5-10-25(13-15)21(27)16-9-11-28-14-16/h3-4,7-9,11,14-15,19H,5-6,10,12-13H2,1-2H3,(H,23,26)/t15-,19-/m0/s1. The van der Waals surface area contributed by atoms with Crippen LogP contribution < -0.4 is 5.32 Å². The van der Waals surface area contributed by atoms with Crippen molar-refractivity contribution in [1.29, 1.82) is 0 Å². The number of carbonyl (C=O) groups excluding carboxylic acids is 2. The lowest BCUT2D eigenvalue weighted by Crippen LogP contribution is -2.46. The van der Waals surface area contributed by atoms with Crippen molar-refractivity contribution < 1.29 is 14.0 Å². The molecule has 2 aromatic rings. The number of furan rings is 1. The van der Waals surface area contributed by atoms with Crippen LogP contribution in [0.2, 0.25) is 5.02 Å². The van der Waals surface area contributed by atoms with Crippen LogP contribution in [0.15, 0.2) is 47.3 Å². The van der Waals surface area contributed by atoms with Gasteiger partial charge in [-0.15, -0.1) is 0 Å². The summed E-state index contributed by atoms with van der Waals surface area (Å²) in [4.78, 5) is 29.1. The van der Waals surface area contributed by atoms with Gasteiger partial charge in [-0.2, -0.15) is 0 Å². The van der Waals surface area contributed by atoms with Gasteiger partial charge >= 0.3 is 0 Å². The number of hydrogen-bond donors (Lipinski definition) is 1. The van der Waals surface area contributed by atoms with Crippen LogP contribution in [-0.2, 0) is 4.79 Å². The molecule has 1 aliphatic heterocycles. The first kappa shape index (κ1) is 20.4. The number of nitrogens with one attached hydrogen (secondary N) is 1. The maximum Gasteiger partial charge on any atom is 0.257 e. The van der Waals surface area contributed by atoms with Crippen molar-refractivity contribution in [1.82, 2.24) is 15.1 Å². The van der Waals surface area contributed by atoms with Crippen LogP contribution in [0.1, 0.15) is 34.8 Å². The lowest BCUT2D eigenvalue weighted by Gasteiger charge is -2.32. The number of amides is 2. The average Bonchev–Trinajstić information content (AvgIpc) is 3.23. The highest BCUT2D eigenvalue weighted by Crippen LogP contribution is 2.26. The second-order valence-corrected chi connectivity index (χ2v) is 7.76. The number of nitrogens with zero attached hydrogens (tertiary/aromatic N) is 2. The van der Waals surface area contributed by atoms with Gasteiger partial charge in [0.2, 0.25) is 5.91 Å². The fraction of sp³-hybridized carbons (Fsp3) is 0.429. The van der Waals surface area contributed by atoms with E-state index in [4.69, 9.17) is 16.0 Å². The molecule has 6 nitrogen and oxygen atoms in total. The van der Waals surface area contributed by atoms with Gasteiger partial charge in [-0.05, 0) is 44.6 Å². The molecule has 2 atom stereocenters. The van der Waals surface area contributed by atoms with Crippen LogP contribution in [0.4, 0.5) is 0 Å². The highest BCUT2D eigenvalue weighted by molar-refractivity contribution is 6.31.